The molecule has 0 unspecified atom stereocenters. The first-order chi connectivity index (χ1) is 15.2. The number of carbonyl (C=O) groups excluding carboxylic acids is 1. The molecule has 0 saturated carbocycles. The Morgan fingerprint density at radius 2 is 1.94 bits per heavy atom. The Morgan fingerprint density at radius 1 is 1.06 bits per heavy atom. The minimum Gasteiger partial charge on any atom is -0.492 e. The maximum Gasteiger partial charge on any atom is 0.170 e. The summed E-state index contributed by atoms with van der Waals surface area (Å²) in [5, 5.41) is 0. The smallest absolute Gasteiger partial charge is 0.170 e. The molecule has 0 spiro atoms. The van der Waals surface area contributed by atoms with E-state index in [0.29, 0.717) is 26.2 Å². The third-order valence-corrected chi connectivity index (χ3v) is 6.33. The number of piperidine rings is 1. The predicted molar refractivity (Wildman–Crippen MR) is 121 cm³/mol. The number of nitrogens with zero attached hydrogens (tertiary/aromatic N) is 1. The zero-order valence-electron chi connectivity index (χ0n) is 18.5. The summed E-state index contributed by atoms with van der Waals surface area (Å²) < 4.78 is 16.4. The maximum atomic E-state index is 12.1. The number of benzene rings is 2. The average molecular weight is 424 g/mol. The lowest BCUT2D eigenvalue weighted by molar-refractivity contribution is 0.0933. The Hall–Kier alpha value is -2.37. The molecule has 166 valence electrons. The van der Waals surface area contributed by atoms with Gasteiger partial charge < -0.3 is 19.1 Å². The summed E-state index contributed by atoms with van der Waals surface area (Å²) in [5.41, 5.74) is 3.34. The van der Waals surface area contributed by atoms with Gasteiger partial charge in [0.05, 0.1) is 18.8 Å². The van der Waals surface area contributed by atoms with Crippen molar-refractivity contribution in [2.45, 2.75) is 32.1 Å². The second-order valence-electron chi connectivity index (χ2n) is 8.58. The molecule has 0 aromatic heterocycles. The monoisotopic (exact) mass is 423 g/mol. The summed E-state index contributed by atoms with van der Waals surface area (Å²) in [6.45, 7) is 5.03. The highest BCUT2D eigenvalue weighted by Crippen LogP contribution is 2.27. The molecule has 31 heavy (non-hydrogen) atoms. The number of fused-ring (bicyclic) bond motifs is 1. The van der Waals surface area contributed by atoms with Gasteiger partial charge in [0, 0.05) is 20.1 Å². The van der Waals surface area contributed by atoms with Gasteiger partial charge in [-0.25, -0.2) is 0 Å². The summed E-state index contributed by atoms with van der Waals surface area (Å²) in [7, 11) is 1.69. The molecule has 2 aromatic carbocycles. The van der Waals surface area contributed by atoms with Crippen LogP contribution < -0.4 is 9.47 Å². The molecule has 0 aliphatic carbocycles. The van der Waals surface area contributed by atoms with Crippen LogP contribution in [0.4, 0.5) is 0 Å². The SMILES string of the molecule is COCCOc1cccc(CC2CCN(CCc3ccc4c(c3)C(=O)CCO4)CC2)c1. The second kappa shape index (κ2) is 10.8. The molecule has 1 saturated heterocycles. The average Bonchev–Trinajstić information content (AvgIpc) is 2.79. The zero-order valence-corrected chi connectivity index (χ0v) is 18.5. The molecule has 2 heterocycles. The normalized spacial score (nSPS) is 17.3. The highest BCUT2D eigenvalue weighted by atomic mass is 16.5. The van der Waals surface area contributed by atoms with Gasteiger partial charge in [0.2, 0.25) is 0 Å². The summed E-state index contributed by atoms with van der Waals surface area (Å²) >= 11 is 0. The van der Waals surface area contributed by atoms with Crippen LogP contribution >= 0.6 is 0 Å². The van der Waals surface area contributed by atoms with E-state index in [9.17, 15) is 4.79 Å². The van der Waals surface area contributed by atoms with Crippen molar-refractivity contribution in [2.24, 2.45) is 5.92 Å². The molecule has 5 heteroatoms. The first-order valence-corrected chi connectivity index (χ1v) is 11.4. The number of likely N-dealkylation sites (tertiary alicyclic amines) is 1. The predicted octanol–water partition coefficient (Wildman–Crippen LogP) is 4.17. The summed E-state index contributed by atoms with van der Waals surface area (Å²) in [4.78, 5) is 14.7. The van der Waals surface area contributed by atoms with Gasteiger partial charge in [0.25, 0.3) is 0 Å². The molecule has 0 radical (unpaired) electrons. The van der Waals surface area contributed by atoms with Crippen LogP contribution in [-0.2, 0) is 17.6 Å². The largest absolute Gasteiger partial charge is 0.492 e. The van der Waals surface area contributed by atoms with Crippen molar-refractivity contribution in [2.75, 3.05) is 46.6 Å². The fourth-order valence-electron chi connectivity index (χ4n) is 4.50. The molecule has 0 bridgehead atoms. The standard InChI is InChI=1S/C26H33NO4/c1-29-15-16-30-23-4-2-3-22(18-23)17-21-8-12-27(13-9-21)11-7-20-5-6-26-24(19-20)25(28)10-14-31-26/h2-6,18-19,21H,7-17H2,1H3. The highest BCUT2D eigenvalue weighted by molar-refractivity contribution is 5.99. The van der Waals surface area contributed by atoms with Crippen LogP contribution in [0.15, 0.2) is 42.5 Å². The fraction of sp³-hybridized carbons (Fsp3) is 0.500. The van der Waals surface area contributed by atoms with Gasteiger partial charge in [-0.05, 0) is 80.1 Å². The topological polar surface area (TPSA) is 48.0 Å². The maximum absolute atomic E-state index is 12.1. The van der Waals surface area contributed by atoms with Crippen molar-refractivity contribution < 1.29 is 19.0 Å². The van der Waals surface area contributed by atoms with Crippen molar-refractivity contribution in [1.82, 2.24) is 4.90 Å². The number of ketones is 1. The summed E-state index contributed by atoms with van der Waals surface area (Å²) in [6.07, 6.45) is 5.04. The van der Waals surface area contributed by atoms with Crippen LogP contribution in [0.25, 0.3) is 0 Å². The third-order valence-electron chi connectivity index (χ3n) is 6.33. The number of hydrogen-bond donors (Lipinski definition) is 0. The van der Waals surface area contributed by atoms with Crippen LogP contribution in [0.5, 0.6) is 11.5 Å². The van der Waals surface area contributed by atoms with E-state index < -0.39 is 0 Å². The van der Waals surface area contributed by atoms with E-state index in [2.05, 4.69) is 29.2 Å². The van der Waals surface area contributed by atoms with E-state index in [1.165, 1.54) is 24.0 Å². The van der Waals surface area contributed by atoms with Crippen molar-refractivity contribution in [3.8, 4) is 11.5 Å². The number of ether oxygens (including phenoxy) is 3. The van der Waals surface area contributed by atoms with E-state index in [4.69, 9.17) is 14.2 Å². The molecule has 0 N–H and O–H groups in total. The molecular formula is C26H33NO4. The molecule has 0 amide bonds. The Morgan fingerprint density at radius 3 is 2.77 bits per heavy atom. The summed E-state index contributed by atoms with van der Waals surface area (Å²) in [5.74, 6) is 2.61. The lowest BCUT2D eigenvalue weighted by Crippen LogP contribution is -2.35. The van der Waals surface area contributed by atoms with E-state index >= 15 is 0 Å². The lowest BCUT2D eigenvalue weighted by Gasteiger charge is -2.32. The number of Topliss-reactive ketones (excluding diaryl/α,β-unsaturated/α-hetero) is 1. The van der Waals surface area contributed by atoms with Gasteiger partial charge in [0.1, 0.15) is 18.1 Å². The van der Waals surface area contributed by atoms with Crippen molar-refractivity contribution in [3.05, 3.63) is 59.2 Å². The Kier molecular flexibility index (Phi) is 7.60. The zero-order chi connectivity index (χ0) is 21.5. The number of carbonyl (C=O) groups is 1. The highest BCUT2D eigenvalue weighted by Gasteiger charge is 2.21. The van der Waals surface area contributed by atoms with Crippen LogP contribution in [0.2, 0.25) is 0 Å². The number of rotatable bonds is 9. The van der Waals surface area contributed by atoms with Crippen molar-refractivity contribution in [1.29, 1.82) is 0 Å². The quantitative estimate of drug-likeness (QED) is 0.567. The lowest BCUT2D eigenvalue weighted by atomic mass is 9.90. The summed E-state index contributed by atoms with van der Waals surface area (Å²) in [6, 6.07) is 14.6. The van der Waals surface area contributed by atoms with Gasteiger partial charge >= 0.3 is 0 Å². The van der Waals surface area contributed by atoms with Gasteiger partial charge in [0.15, 0.2) is 5.78 Å². The van der Waals surface area contributed by atoms with E-state index in [0.717, 1.165) is 55.5 Å². The molecule has 5 nitrogen and oxygen atoms in total. The number of methoxy groups -OCH3 is 1. The fourth-order valence-corrected chi connectivity index (χ4v) is 4.50. The van der Waals surface area contributed by atoms with Crippen molar-refractivity contribution in [3.63, 3.8) is 0 Å². The van der Waals surface area contributed by atoms with Crippen LogP contribution in [0.1, 0.15) is 40.7 Å². The molecular weight excluding hydrogens is 390 g/mol. The van der Waals surface area contributed by atoms with Crippen LogP contribution in [0.3, 0.4) is 0 Å². The first-order valence-electron chi connectivity index (χ1n) is 11.4. The molecule has 2 aliphatic rings. The Labute approximate surface area is 185 Å². The minimum atomic E-state index is 0.206. The van der Waals surface area contributed by atoms with Crippen LogP contribution in [0, 0.1) is 5.92 Å². The molecule has 2 aliphatic heterocycles. The molecule has 2 aromatic rings. The minimum absolute atomic E-state index is 0.206. The first kappa shape index (κ1) is 21.8. The van der Waals surface area contributed by atoms with E-state index in [1.54, 1.807) is 7.11 Å². The van der Waals surface area contributed by atoms with Gasteiger partial charge in [-0.1, -0.05) is 18.2 Å². The molecule has 1 fully saturated rings. The molecule has 0 atom stereocenters. The molecule has 4 rings (SSSR count). The second-order valence-corrected chi connectivity index (χ2v) is 8.58. The van der Waals surface area contributed by atoms with Gasteiger partial charge in [-0.2, -0.15) is 0 Å². The van der Waals surface area contributed by atoms with Gasteiger partial charge in [-0.15, -0.1) is 0 Å². The Bertz CT molecular complexity index is 873. The van der Waals surface area contributed by atoms with Crippen molar-refractivity contribution >= 4 is 5.78 Å². The third kappa shape index (κ3) is 6.08. The van der Waals surface area contributed by atoms with E-state index in [1.807, 2.05) is 18.2 Å². The van der Waals surface area contributed by atoms with E-state index in [-0.39, 0.29) is 5.78 Å². The Balaban J connectivity index is 1.22. The number of hydrogen-bond acceptors (Lipinski definition) is 5. The van der Waals surface area contributed by atoms with Crippen LogP contribution in [-0.4, -0.2) is 57.2 Å². The van der Waals surface area contributed by atoms with Gasteiger partial charge in [-0.3, -0.25) is 4.79 Å².